The maximum absolute atomic E-state index is 4.35. The summed E-state index contributed by atoms with van der Waals surface area (Å²) in [5.74, 6) is 0. The monoisotopic (exact) mass is 210 g/mol. The summed E-state index contributed by atoms with van der Waals surface area (Å²) in [6.45, 7) is 2.71. The summed E-state index contributed by atoms with van der Waals surface area (Å²) in [7, 11) is 0. The predicted molar refractivity (Wildman–Crippen MR) is 66.7 cm³/mol. The van der Waals surface area contributed by atoms with Crippen molar-refractivity contribution in [2.75, 3.05) is 0 Å². The first-order valence-electron chi connectivity index (χ1n) is 5.31. The van der Waals surface area contributed by atoms with Gasteiger partial charge in [-0.15, -0.1) is 0 Å². The van der Waals surface area contributed by atoms with Crippen LogP contribution in [0.5, 0.6) is 0 Å². The van der Waals surface area contributed by atoms with Gasteiger partial charge in [0.1, 0.15) is 0 Å². The third-order valence-corrected chi connectivity index (χ3v) is 2.30. The van der Waals surface area contributed by atoms with Crippen molar-refractivity contribution in [3.05, 3.63) is 65.5 Å². The molecule has 2 aromatic rings. The molecule has 0 amide bonds. The van der Waals surface area contributed by atoms with Crippen LogP contribution in [0.15, 0.2) is 53.7 Å². The van der Waals surface area contributed by atoms with Crippen molar-refractivity contribution in [2.45, 2.75) is 13.5 Å². The second-order valence-electron chi connectivity index (χ2n) is 3.70. The largest absolute Gasteiger partial charge is 0.286 e. The van der Waals surface area contributed by atoms with Crippen molar-refractivity contribution < 1.29 is 0 Å². The molecule has 0 aliphatic rings. The summed E-state index contributed by atoms with van der Waals surface area (Å²) in [6, 6.07) is 14.2. The molecular formula is C14H14N2. The molecule has 0 aliphatic carbocycles. The summed E-state index contributed by atoms with van der Waals surface area (Å²) in [5, 5.41) is 0. The lowest BCUT2D eigenvalue weighted by atomic mass is 10.2. The molecule has 80 valence electrons. The molecule has 0 aliphatic heterocycles. The molecule has 2 heteroatoms. The van der Waals surface area contributed by atoms with Gasteiger partial charge < -0.3 is 0 Å². The molecule has 0 saturated heterocycles. The van der Waals surface area contributed by atoms with Gasteiger partial charge >= 0.3 is 0 Å². The number of aromatic nitrogens is 1. The number of benzene rings is 1. The van der Waals surface area contributed by atoms with Crippen LogP contribution >= 0.6 is 0 Å². The van der Waals surface area contributed by atoms with Crippen molar-refractivity contribution in [3.8, 4) is 0 Å². The molecule has 0 saturated carbocycles. The van der Waals surface area contributed by atoms with E-state index in [-0.39, 0.29) is 0 Å². The normalized spacial score (nSPS) is 10.8. The molecule has 0 N–H and O–H groups in total. The lowest BCUT2D eigenvalue weighted by Crippen LogP contribution is -1.87. The van der Waals surface area contributed by atoms with Crippen molar-refractivity contribution in [1.29, 1.82) is 0 Å². The van der Waals surface area contributed by atoms with Crippen LogP contribution in [0, 0.1) is 6.92 Å². The molecule has 1 aromatic heterocycles. The van der Waals surface area contributed by atoms with E-state index >= 15 is 0 Å². The molecule has 0 atom stereocenters. The zero-order chi connectivity index (χ0) is 11.2. The Labute approximate surface area is 95.7 Å². The minimum absolute atomic E-state index is 0.634. The Hall–Kier alpha value is -1.96. The van der Waals surface area contributed by atoms with Gasteiger partial charge in [0.25, 0.3) is 0 Å². The van der Waals surface area contributed by atoms with Gasteiger partial charge in [0.15, 0.2) is 0 Å². The quantitative estimate of drug-likeness (QED) is 0.715. The minimum atomic E-state index is 0.634. The third kappa shape index (κ3) is 3.02. The van der Waals surface area contributed by atoms with Gasteiger partial charge in [-0.05, 0) is 24.6 Å². The highest BCUT2D eigenvalue weighted by molar-refractivity contribution is 5.79. The van der Waals surface area contributed by atoms with Crippen LogP contribution in [0.1, 0.15) is 16.8 Å². The van der Waals surface area contributed by atoms with Gasteiger partial charge in [0.05, 0.1) is 12.2 Å². The molecule has 1 heterocycles. The highest BCUT2D eigenvalue weighted by Crippen LogP contribution is 2.01. The second kappa shape index (κ2) is 5.21. The summed E-state index contributed by atoms with van der Waals surface area (Å²) in [5.41, 5.74) is 3.38. The summed E-state index contributed by atoms with van der Waals surface area (Å²) >= 11 is 0. The van der Waals surface area contributed by atoms with Crippen LogP contribution in [0.25, 0.3) is 0 Å². The fourth-order valence-electron chi connectivity index (χ4n) is 1.39. The zero-order valence-electron chi connectivity index (χ0n) is 9.30. The van der Waals surface area contributed by atoms with E-state index in [4.69, 9.17) is 0 Å². The summed E-state index contributed by atoms with van der Waals surface area (Å²) < 4.78 is 0. The number of hydrogen-bond acceptors (Lipinski definition) is 2. The second-order valence-corrected chi connectivity index (χ2v) is 3.70. The summed E-state index contributed by atoms with van der Waals surface area (Å²) in [6.07, 6.45) is 3.67. The molecule has 0 fully saturated rings. The average molecular weight is 210 g/mol. The molecule has 1 aromatic carbocycles. The maximum Gasteiger partial charge on any atom is 0.0811 e. The molecule has 0 unspecified atom stereocenters. The Kier molecular flexibility index (Phi) is 3.44. The Morgan fingerprint density at radius 1 is 1.12 bits per heavy atom. The Morgan fingerprint density at radius 2 is 1.94 bits per heavy atom. The van der Waals surface area contributed by atoms with E-state index in [1.54, 1.807) is 6.20 Å². The van der Waals surface area contributed by atoms with Gasteiger partial charge in [-0.1, -0.05) is 35.9 Å². The Balaban J connectivity index is 1.98. The van der Waals surface area contributed by atoms with E-state index in [0.29, 0.717) is 6.54 Å². The van der Waals surface area contributed by atoms with E-state index < -0.39 is 0 Å². The number of aliphatic imine (C=N–C) groups is 1. The molecule has 16 heavy (non-hydrogen) atoms. The van der Waals surface area contributed by atoms with Gasteiger partial charge in [-0.3, -0.25) is 9.98 Å². The van der Waals surface area contributed by atoms with Crippen LogP contribution in [-0.2, 0) is 6.54 Å². The SMILES string of the molecule is Cc1ccc(C=NCc2ccccn2)cc1. The third-order valence-electron chi connectivity index (χ3n) is 2.30. The van der Waals surface area contributed by atoms with Crippen molar-refractivity contribution in [1.82, 2.24) is 4.98 Å². The Bertz CT molecular complexity index is 458. The first-order valence-corrected chi connectivity index (χ1v) is 5.31. The number of rotatable bonds is 3. The maximum atomic E-state index is 4.35. The molecule has 0 spiro atoms. The first kappa shape index (κ1) is 10.6. The number of nitrogens with zero attached hydrogens (tertiary/aromatic N) is 2. The molecular weight excluding hydrogens is 196 g/mol. The van der Waals surface area contributed by atoms with E-state index in [9.17, 15) is 0 Å². The zero-order valence-corrected chi connectivity index (χ0v) is 9.30. The van der Waals surface area contributed by atoms with E-state index in [1.807, 2.05) is 24.4 Å². The topological polar surface area (TPSA) is 25.2 Å². The fourth-order valence-corrected chi connectivity index (χ4v) is 1.39. The lowest BCUT2D eigenvalue weighted by molar-refractivity contribution is 0.995. The van der Waals surface area contributed by atoms with Crippen molar-refractivity contribution >= 4 is 6.21 Å². The van der Waals surface area contributed by atoms with E-state index in [2.05, 4.69) is 41.2 Å². The van der Waals surface area contributed by atoms with Gasteiger partial charge in [-0.2, -0.15) is 0 Å². The standard InChI is InChI=1S/C14H14N2/c1-12-5-7-13(8-6-12)10-15-11-14-4-2-3-9-16-14/h2-10H,11H2,1H3. The number of pyridine rings is 1. The predicted octanol–water partition coefficient (Wildman–Crippen LogP) is 3.01. The Morgan fingerprint density at radius 3 is 2.62 bits per heavy atom. The van der Waals surface area contributed by atoms with Crippen LogP contribution in [0.4, 0.5) is 0 Å². The summed E-state index contributed by atoms with van der Waals surface area (Å²) in [4.78, 5) is 8.56. The fraction of sp³-hybridized carbons (Fsp3) is 0.143. The lowest BCUT2D eigenvalue weighted by Gasteiger charge is -1.95. The van der Waals surface area contributed by atoms with Gasteiger partial charge in [-0.25, -0.2) is 0 Å². The van der Waals surface area contributed by atoms with Crippen LogP contribution in [0.2, 0.25) is 0 Å². The molecule has 2 rings (SSSR count). The smallest absolute Gasteiger partial charge is 0.0811 e. The minimum Gasteiger partial charge on any atom is -0.286 e. The first-order chi connectivity index (χ1) is 7.84. The van der Waals surface area contributed by atoms with Crippen molar-refractivity contribution in [3.63, 3.8) is 0 Å². The number of hydrogen-bond donors (Lipinski definition) is 0. The van der Waals surface area contributed by atoms with E-state index in [0.717, 1.165) is 11.3 Å². The highest BCUT2D eigenvalue weighted by Gasteiger charge is 1.89. The van der Waals surface area contributed by atoms with Crippen molar-refractivity contribution in [2.24, 2.45) is 4.99 Å². The molecule has 0 bridgehead atoms. The van der Waals surface area contributed by atoms with Crippen LogP contribution in [0.3, 0.4) is 0 Å². The number of aryl methyl sites for hydroxylation is 1. The molecule has 0 radical (unpaired) electrons. The van der Waals surface area contributed by atoms with Crippen LogP contribution < -0.4 is 0 Å². The van der Waals surface area contributed by atoms with Crippen LogP contribution in [-0.4, -0.2) is 11.2 Å². The average Bonchev–Trinajstić information content (AvgIpc) is 2.33. The van der Waals surface area contributed by atoms with Gasteiger partial charge in [0, 0.05) is 12.4 Å². The molecule has 2 nitrogen and oxygen atoms in total. The van der Waals surface area contributed by atoms with E-state index in [1.165, 1.54) is 5.56 Å². The highest BCUT2D eigenvalue weighted by atomic mass is 14.8. The van der Waals surface area contributed by atoms with Gasteiger partial charge in [0.2, 0.25) is 0 Å².